The van der Waals surface area contributed by atoms with Crippen molar-refractivity contribution in [2.45, 2.75) is 37.2 Å². The Bertz CT molecular complexity index is 678. The third kappa shape index (κ3) is 4.59. The summed E-state index contributed by atoms with van der Waals surface area (Å²) >= 11 is 17.0. The van der Waals surface area contributed by atoms with Crippen LogP contribution in [0.4, 0.5) is 0 Å². The van der Waals surface area contributed by atoms with Gasteiger partial charge in [-0.15, -0.1) is 0 Å². The van der Waals surface area contributed by atoms with Crippen LogP contribution in [-0.2, 0) is 11.3 Å². The molecule has 0 aliphatic heterocycles. The first-order valence-electron chi connectivity index (χ1n) is 6.96. The van der Waals surface area contributed by atoms with Gasteiger partial charge >= 0.3 is 0 Å². The number of nitrogens with zero attached hydrogens (tertiary/aromatic N) is 3. The van der Waals surface area contributed by atoms with E-state index in [0.717, 1.165) is 11.1 Å². The van der Waals surface area contributed by atoms with Gasteiger partial charge in [-0.1, -0.05) is 69.8 Å². The highest BCUT2D eigenvalue weighted by molar-refractivity contribution is 6.76. The van der Waals surface area contributed by atoms with Gasteiger partial charge in [0.1, 0.15) is 6.54 Å². The van der Waals surface area contributed by atoms with E-state index in [4.69, 9.17) is 39.3 Å². The lowest BCUT2D eigenvalue weighted by atomic mass is 10.1. The maximum absolute atomic E-state index is 12.2. The Morgan fingerprint density at radius 1 is 1.26 bits per heavy atom. The largest absolute Gasteiger partial charge is 0.337 e. The Morgan fingerprint density at radius 3 is 2.39 bits per heavy atom. The summed E-state index contributed by atoms with van der Waals surface area (Å²) in [5.74, 6) is 0.0921. The van der Waals surface area contributed by atoms with E-state index < -0.39 is 9.70 Å². The van der Waals surface area contributed by atoms with Crippen LogP contribution in [0.5, 0.6) is 0 Å². The molecule has 0 fully saturated rings. The molecule has 1 aromatic heterocycles. The molecule has 0 spiro atoms. The molecule has 1 amide bonds. The van der Waals surface area contributed by atoms with Gasteiger partial charge in [0.2, 0.25) is 11.7 Å². The highest BCUT2D eigenvalue weighted by Gasteiger charge is 2.37. The maximum Gasteiger partial charge on any atom is 0.275 e. The molecule has 5 nitrogen and oxygen atoms in total. The fraction of sp³-hybridized carbons (Fsp3) is 0.400. The van der Waals surface area contributed by atoms with Gasteiger partial charge in [-0.05, 0) is 20.8 Å². The quantitative estimate of drug-likeness (QED) is 0.752. The molecule has 0 aliphatic rings. The molecule has 0 bridgehead atoms. The third-order valence-electron chi connectivity index (χ3n) is 3.21. The summed E-state index contributed by atoms with van der Waals surface area (Å²) in [6, 6.07) is 7.52. The Kier molecular flexibility index (Phi) is 5.55. The van der Waals surface area contributed by atoms with E-state index in [1.165, 1.54) is 4.90 Å². The van der Waals surface area contributed by atoms with Crippen molar-refractivity contribution in [3.63, 3.8) is 0 Å². The Labute approximate surface area is 149 Å². The van der Waals surface area contributed by atoms with Crippen LogP contribution in [0.2, 0.25) is 0 Å². The summed E-state index contributed by atoms with van der Waals surface area (Å²) < 4.78 is 3.18. The molecule has 1 heterocycles. The van der Waals surface area contributed by atoms with Crippen molar-refractivity contribution in [2.24, 2.45) is 0 Å². The van der Waals surface area contributed by atoms with E-state index in [1.54, 1.807) is 0 Å². The first kappa shape index (κ1) is 18.0. The number of alkyl halides is 3. The van der Waals surface area contributed by atoms with E-state index >= 15 is 0 Å². The predicted octanol–water partition coefficient (Wildman–Crippen LogP) is 4.15. The van der Waals surface area contributed by atoms with Gasteiger partial charge in [0, 0.05) is 11.6 Å². The van der Waals surface area contributed by atoms with E-state index in [2.05, 4.69) is 10.1 Å². The molecule has 0 atom stereocenters. The summed E-state index contributed by atoms with van der Waals surface area (Å²) in [5, 5.41) is 3.93. The number of rotatable bonds is 4. The fourth-order valence-corrected chi connectivity index (χ4v) is 2.26. The van der Waals surface area contributed by atoms with Crippen LogP contribution in [0.15, 0.2) is 28.8 Å². The lowest BCUT2D eigenvalue weighted by Gasteiger charge is -2.27. The molecule has 1 aromatic carbocycles. The highest BCUT2D eigenvalue weighted by atomic mass is 35.6. The van der Waals surface area contributed by atoms with E-state index in [9.17, 15) is 4.79 Å². The van der Waals surface area contributed by atoms with Crippen LogP contribution in [0.1, 0.15) is 25.3 Å². The molecular weight excluding hydrogens is 361 g/mol. The molecule has 2 aromatic rings. The second-order valence-electron chi connectivity index (χ2n) is 5.40. The molecule has 0 aliphatic carbocycles. The third-order valence-corrected chi connectivity index (χ3v) is 3.70. The van der Waals surface area contributed by atoms with Crippen LogP contribution >= 0.6 is 34.8 Å². The van der Waals surface area contributed by atoms with Crippen molar-refractivity contribution in [2.75, 3.05) is 0 Å². The summed E-state index contributed by atoms with van der Waals surface area (Å²) in [5.41, 5.74) is 1.96. The van der Waals surface area contributed by atoms with Crippen molar-refractivity contribution < 1.29 is 9.32 Å². The van der Waals surface area contributed by atoms with Crippen molar-refractivity contribution >= 4 is 40.7 Å². The van der Waals surface area contributed by atoms with Crippen LogP contribution in [0, 0.1) is 6.92 Å². The SMILES string of the molecule is Cc1ccc(-c2noc(CN(C(=O)C(Cl)(Cl)Cl)C(C)C)n2)cc1. The van der Waals surface area contributed by atoms with Gasteiger partial charge in [-0.2, -0.15) is 4.98 Å². The molecule has 0 unspecified atom stereocenters. The number of benzene rings is 1. The zero-order chi connectivity index (χ0) is 17.2. The number of aryl methyl sites for hydroxylation is 1. The summed E-state index contributed by atoms with van der Waals surface area (Å²) in [6.07, 6.45) is 0. The van der Waals surface area contributed by atoms with Gasteiger partial charge in [-0.3, -0.25) is 4.79 Å². The number of hydrogen-bond acceptors (Lipinski definition) is 4. The summed E-state index contributed by atoms with van der Waals surface area (Å²) in [4.78, 5) is 17.8. The number of carbonyl (C=O) groups excluding carboxylic acids is 1. The normalized spacial score (nSPS) is 11.8. The van der Waals surface area contributed by atoms with Gasteiger partial charge in [0.15, 0.2) is 0 Å². The van der Waals surface area contributed by atoms with Gasteiger partial charge in [0.05, 0.1) is 0 Å². The molecule has 0 saturated carbocycles. The molecule has 0 saturated heterocycles. The Morgan fingerprint density at radius 2 is 1.87 bits per heavy atom. The summed E-state index contributed by atoms with van der Waals surface area (Å²) in [6.45, 7) is 5.69. The highest BCUT2D eigenvalue weighted by Crippen LogP contribution is 2.30. The van der Waals surface area contributed by atoms with Crippen LogP contribution in [-0.4, -0.2) is 30.8 Å². The minimum atomic E-state index is -2.02. The topological polar surface area (TPSA) is 59.2 Å². The second kappa shape index (κ2) is 7.07. The minimum Gasteiger partial charge on any atom is -0.337 e. The summed E-state index contributed by atoms with van der Waals surface area (Å²) in [7, 11) is 0. The van der Waals surface area contributed by atoms with Gasteiger partial charge < -0.3 is 9.42 Å². The van der Waals surface area contributed by atoms with Gasteiger partial charge in [0.25, 0.3) is 9.70 Å². The number of amides is 1. The van der Waals surface area contributed by atoms with Crippen LogP contribution < -0.4 is 0 Å². The van der Waals surface area contributed by atoms with Crippen LogP contribution in [0.25, 0.3) is 11.4 Å². The lowest BCUT2D eigenvalue weighted by molar-refractivity contribution is -0.133. The monoisotopic (exact) mass is 375 g/mol. The number of halogens is 3. The molecule has 0 N–H and O–H groups in total. The minimum absolute atomic E-state index is 0.0727. The fourth-order valence-electron chi connectivity index (χ4n) is 1.94. The lowest BCUT2D eigenvalue weighted by Crippen LogP contribution is -2.43. The van der Waals surface area contributed by atoms with E-state index in [-0.39, 0.29) is 18.5 Å². The molecular formula is C15H16Cl3N3O2. The maximum atomic E-state index is 12.2. The first-order chi connectivity index (χ1) is 10.7. The number of hydrogen-bond donors (Lipinski definition) is 0. The average molecular weight is 377 g/mol. The van der Waals surface area contributed by atoms with Crippen molar-refractivity contribution in [1.82, 2.24) is 15.0 Å². The van der Waals surface area contributed by atoms with Crippen molar-refractivity contribution in [1.29, 1.82) is 0 Å². The second-order valence-corrected chi connectivity index (χ2v) is 7.68. The zero-order valence-corrected chi connectivity index (χ0v) is 15.2. The zero-order valence-electron chi connectivity index (χ0n) is 12.9. The van der Waals surface area contributed by atoms with Gasteiger partial charge in [-0.25, -0.2) is 0 Å². The number of aromatic nitrogens is 2. The first-order valence-corrected chi connectivity index (χ1v) is 8.09. The van der Waals surface area contributed by atoms with E-state index in [0.29, 0.717) is 5.82 Å². The Balaban J connectivity index is 2.19. The molecule has 2 rings (SSSR count). The molecule has 23 heavy (non-hydrogen) atoms. The Hall–Kier alpha value is -1.30. The smallest absolute Gasteiger partial charge is 0.275 e. The van der Waals surface area contributed by atoms with Crippen molar-refractivity contribution in [3.8, 4) is 11.4 Å². The number of carbonyl (C=O) groups is 1. The molecule has 8 heteroatoms. The van der Waals surface area contributed by atoms with Crippen molar-refractivity contribution in [3.05, 3.63) is 35.7 Å². The predicted molar refractivity (Wildman–Crippen MR) is 90.4 cm³/mol. The molecule has 124 valence electrons. The van der Waals surface area contributed by atoms with E-state index in [1.807, 2.05) is 45.0 Å². The standard InChI is InChI=1S/C15H16Cl3N3O2/c1-9(2)21(14(22)15(16,17)18)8-12-19-13(20-23-12)11-6-4-10(3)5-7-11/h4-7,9H,8H2,1-3H3. The average Bonchev–Trinajstić information content (AvgIpc) is 2.92. The van der Waals surface area contributed by atoms with Crippen LogP contribution in [0.3, 0.4) is 0 Å². The molecule has 0 radical (unpaired) electrons.